The van der Waals surface area contributed by atoms with E-state index in [1.165, 1.54) is 12.1 Å². The monoisotopic (exact) mass is 283 g/mol. The van der Waals surface area contributed by atoms with Crippen LogP contribution < -0.4 is 5.32 Å². The Kier molecular flexibility index (Phi) is 3.64. The molecular formula is C11H7Cl2N3O2. The molecule has 0 aliphatic carbocycles. The van der Waals surface area contributed by atoms with Crippen LogP contribution in [0, 0.1) is 10.1 Å². The van der Waals surface area contributed by atoms with Crippen LogP contribution in [0.2, 0.25) is 10.2 Å². The number of pyridine rings is 1. The molecule has 2 aromatic rings. The molecule has 0 saturated carbocycles. The summed E-state index contributed by atoms with van der Waals surface area (Å²) in [7, 11) is 0. The van der Waals surface area contributed by atoms with E-state index in [0.29, 0.717) is 10.7 Å². The fourth-order valence-corrected chi connectivity index (χ4v) is 1.61. The second-order valence-electron chi connectivity index (χ2n) is 3.39. The maximum Gasteiger partial charge on any atom is 0.311 e. The molecule has 0 aliphatic rings. The molecule has 0 radical (unpaired) electrons. The summed E-state index contributed by atoms with van der Waals surface area (Å²) in [5.41, 5.74) is 0.492. The fourth-order valence-electron chi connectivity index (χ4n) is 1.34. The highest BCUT2D eigenvalue weighted by Crippen LogP contribution is 2.27. The molecule has 0 fully saturated rings. The first-order chi connectivity index (χ1) is 8.56. The Morgan fingerprint density at radius 1 is 1.11 bits per heavy atom. The minimum atomic E-state index is -0.526. The van der Waals surface area contributed by atoms with E-state index in [0.717, 1.165) is 0 Å². The van der Waals surface area contributed by atoms with Gasteiger partial charge in [-0.25, -0.2) is 4.98 Å². The van der Waals surface area contributed by atoms with Crippen molar-refractivity contribution in [2.24, 2.45) is 0 Å². The van der Waals surface area contributed by atoms with Gasteiger partial charge in [0.1, 0.15) is 5.15 Å². The lowest BCUT2D eigenvalue weighted by molar-refractivity contribution is -0.384. The van der Waals surface area contributed by atoms with E-state index in [2.05, 4.69) is 10.3 Å². The zero-order chi connectivity index (χ0) is 13.1. The summed E-state index contributed by atoms with van der Waals surface area (Å²) < 4.78 is 0. The molecule has 0 aliphatic heterocycles. The Bertz CT molecular complexity index is 587. The quantitative estimate of drug-likeness (QED) is 0.524. The molecule has 0 saturated heterocycles. The standard InChI is InChI=1S/C11H7Cl2N3O2/c12-7-1-3-8(4-2-7)14-11-9(16(17)18)5-6-10(13)15-11/h1-6H,(H,14,15). The smallest absolute Gasteiger partial charge is 0.311 e. The van der Waals surface area contributed by atoms with Crippen LogP contribution in [-0.2, 0) is 0 Å². The number of hydrogen-bond donors (Lipinski definition) is 1. The Morgan fingerprint density at radius 2 is 1.78 bits per heavy atom. The van der Waals surface area contributed by atoms with Gasteiger partial charge in [0.15, 0.2) is 0 Å². The van der Waals surface area contributed by atoms with Gasteiger partial charge < -0.3 is 5.32 Å². The van der Waals surface area contributed by atoms with Crippen molar-refractivity contribution in [3.8, 4) is 0 Å². The Labute approximate surface area is 113 Å². The second-order valence-corrected chi connectivity index (χ2v) is 4.21. The second kappa shape index (κ2) is 5.20. The summed E-state index contributed by atoms with van der Waals surface area (Å²) in [5.74, 6) is 0.0924. The average Bonchev–Trinajstić information content (AvgIpc) is 2.32. The van der Waals surface area contributed by atoms with Gasteiger partial charge in [0, 0.05) is 16.8 Å². The highest BCUT2D eigenvalue weighted by molar-refractivity contribution is 6.30. The topological polar surface area (TPSA) is 68.1 Å². The van der Waals surface area contributed by atoms with Gasteiger partial charge in [-0.05, 0) is 30.3 Å². The zero-order valence-electron chi connectivity index (χ0n) is 8.93. The lowest BCUT2D eigenvalue weighted by Gasteiger charge is -2.06. The normalized spacial score (nSPS) is 10.1. The van der Waals surface area contributed by atoms with Crippen molar-refractivity contribution >= 4 is 40.4 Å². The van der Waals surface area contributed by atoms with Crippen molar-refractivity contribution in [1.82, 2.24) is 4.98 Å². The van der Waals surface area contributed by atoms with Gasteiger partial charge in [0.25, 0.3) is 0 Å². The molecule has 0 spiro atoms. The Balaban J connectivity index is 2.35. The highest BCUT2D eigenvalue weighted by atomic mass is 35.5. The van der Waals surface area contributed by atoms with Crippen molar-refractivity contribution in [1.29, 1.82) is 0 Å². The summed E-state index contributed by atoms with van der Waals surface area (Å²) in [4.78, 5) is 14.2. The number of nitrogens with zero attached hydrogens (tertiary/aromatic N) is 2. The molecule has 2 rings (SSSR count). The van der Waals surface area contributed by atoms with Crippen LogP contribution in [0.25, 0.3) is 0 Å². The van der Waals surface area contributed by atoms with Crippen molar-refractivity contribution in [3.63, 3.8) is 0 Å². The number of aromatic nitrogens is 1. The molecule has 7 heteroatoms. The Hall–Kier alpha value is -1.85. The van der Waals surface area contributed by atoms with Gasteiger partial charge in [-0.15, -0.1) is 0 Å². The molecule has 0 bridgehead atoms. The molecule has 1 heterocycles. The maximum absolute atomic E-state index is 10.8. The van der Waals surface area contributed by atoms with E-state index < -0.39 is 4.92 Å². The van der Waals surface area contributed by atoms with Crippen LogP contribution in [0.1, 0.15) is 0 Å². The first-order valence-electron chi connectivity index (χ1n) is 4.90. The van der Waals surface area contributed by atoms with Crippen LogP contribution in [-0.4, -0.2) is 9.91 Å². The van der Waals surface area contributed by atoms with Crippen LogP contribution in [0.5, 0.6) is 0 Å². The molecule has 1 aromatic carbocycles. The summed E-state index contributed by atoms with van der Waals surface area (Å²) in [6.45, 7) is 0. The number of benzene rings is 1. The van der Waals surface area contributed by atoms with Gasteiger partial charge in [0.05, 0.1) is 4.92 Å². The first kappa shape index (κ1) is 12.6. The molecule has 1 aromatic heterocycles. The average molecular weight is 284 g/mol. The van der Waals surface area contributed by atoms with Crippen LogP contribution in [0.3, 0.4) is 0 Å². The van der Waals surface area contributed by atoms with E-state index in [1.807, 2.05) is 0 Å². The third-order valence-corrected chi connectivity index (χ3v) is 2.61. The number of nitro groups is 1. The van der Waals surface area contributed by atoms with Crippen molar-refractivity contribution in [2.75, 3.05) is 5.32 Å². The number of nitrogens with one attached hydrogen (secondary N) is 1. The van der Waals surface area contributed by atoms with Gasteiger partial charge in [0.2, 0.25) is 5.82 Å². The van der Waals surface area contributed by atoms with E-state index in [4.69, 9.17) is 23.2 Å². The zero-order valence-corrected chi connectivity index (χ0v) is 10.4. The summed E-state index contributed by atoms with van der Waals surface area (Å²) in [6, 6.07) is 9.38. The lowest BCUT2D eigenvalue weighted by Crippen LogP contribution is -1.99. The van der Waals surface area contributed by atoms with Gasteiger partial charge in [-0.2, -0.15) is 0 Å². The molecular weight excluding hydrogens is 277 g/mol. The minimum absolute atomic E-state index is 0.0924. The summed E-state index contributed by atoms with van der Waals surface area (Å²) >= 11 is 11.5. The molecule has 92 valence electrons. The maximum atomic E-state index is 10.8. The fraction of sp³-hybridized carbons (Fsp3) is 0. The molecule has 0 unspecified atom stereocenters. The third kappa shape index (κ3) is 2.88. The first-order valence-corrected chi connectivity index (χ1v) is 5.65. The third-order valence-electron chi connectivity index (χ3n) is 2.14. The van der Waals surface area contributed by atoms with Crippen molar-refractivity contribution in [2.45, 2.75) is 0 Å². The Morgan fingerprint density at radius 3 is 2.39 bits per heavy atom. The number of halogens is 2. The summed E-state index contributed by atoms with van der Waals surface area (Å²) in [6.07, 6.45) is 0. The summed E-state index contributed by atoms with van der Waals surface area (Å²) in [5, 5.41) is 14.4. The van der Waals surface area contributed by atoms with E-state index >= 15 is 0 Å². The minimum Gasteiger partial charge on any atom is -0.334 e. The van der Waals surface area contributed by atoms with Gasteiger partial charge >= 0.3 is 5.69 Å². The molecule has 5 nitrogen and oxygen atoms in total. The predicted octanol–water partition coefficient (Wildman–Crippen LogP) is 4.04. The number of hydrogen-bond acceptors (Lipinski definition) is 4. The van der Waals surface area contributed by atoms with Gasteiger partial charge in [-0.1, -0.05) is 23.2 Å². The molecule has 1 N–H and O–H groups in total. The largest absolute Gasteiger partial charge is 0.334 e. The number of anilines is 2. The van der Waals surface area contributed by atoms with Crippen LogP contribution >= 0.6 is 23.2 Å². The van der Waals surface area contributed by atoms with Crippen LogP contribution in [0.15, 0.2) is 36.4 Å². The van der Waals surface area contributed by atoms with E-state index in [-0.39, 0.29) is 16.7 Å². The van der Waals surface area contributed by atoms with Crippen molar-refractivity contribution in [3.05, 3.63) is 56.7 Å². The van der Waals surface area contributed by atoms with Crippen LogP contribution in [0.4, 0.5) is 17.2 Å². The van der Waals surface area contributed by atoms with E-state index in [9.17, 15) is 10.1 Å². The molecule has 0 amide bonds. The predicted molar refractivity (Wildman–Crippen MR) is 70.6 cm³/mol. The lowest BCUT2D eigenvalue weighted by atomic mass is 10.3. The number of rotatable bonds is 3. The van der Waals surface area contributed by atoms with Gasteiger partial charge in [-0.3, -0.25) is 10.1 Å². The molecule has 0 atom stereocenters. The molecule has 18 heavy (non-hydrogen) atoms. The van der Waals surface area contributed by atoms with Crippen molar-refractivity contribution < 1.29 is 4.92 Å². The SMILES string of the molecule is O=[N+]([O-])c1ccc(Cl)nc1Nc1ccc(Cl)cc1. The van der Waals surface area contributed by atoms with E-state index in [1.54, 1.807) is 24.3 Å². The highest BCUT2D eigenvalue weighted by Gasteiger charge is 2.15.